The van der Waals surface area contributed by atoms with E-state index in [4.69, 9.17) is 5.11 Å². The van der Waals surface area contributed by atoms with Crippen LogP contribution in [0.3, 0.4) is 0 Å². The topological polar surface area (TPSA) is 62.2 Å². The Bertz CT molecular complexity index is 300. The second-order valence-corrected chi connectivity index (χ2v) is 3.15. The quantitative estimate of drug-likeness (QED) is 0.752. The SMILES string of the molecule is CNC(c1ccccn1)C(C)C(=O)O. The monoisotopic (exact) mass is 194 g/mol. The molecule has 0 spiro atoms. The van der Waals surface area contributed by atoms with Crippen molar-refractivity contribution in [2.75, 3.05) is 7.05 Å². The van der Waals surface area contributed by atoms with Gasteiger partial charge in [0.15, 0.2) is 0 Å². The molecule has 0 saturated heterocycles. The summed E-state index contributed by atoms with van der Waals surface area (Å²) in [5.41, 5.74) is 0.755. The fourth-order valence-electron chi connectivity index (χ4n) is 1.36. The number of carboxylic acids is 1. The van der Waals surface area contributed by atoms with Crippen LogP contribution >= 0.6 is 0 Å². The molecule has 2 atom stereocenters. The van der Waals surface area contributed by atoms with Crippen molar-refractivity contribution < 1.29 is 9.90 Å². The minimum Gasteiger partial charge on any atom is -0.481 e. The van der Waals surface area contributed by atoms with Crippen LogP contribution in [0, 0.1) is 5.92 Å². The number of carboxylic acid groups (broad SMARTS) is 1. The van der Waals surface area contributed by atoms with Crippen LogP contribution in [-0.4, -0.2) is 23.1 Å². The molecule has 4 nitrogen and oxygen atoms in total. The smallest absolute Gasteiger partial charge is 0.308 e. The number of rotatable bonds is 4. The third kappa shape index (κ3) is 2.29. The van der Waals surface area contributed by atoms with Crippen molar-refractivity contribution in [1.29, 1.82) is 0 Å². The van der Waals surface area contributed by atoms with Crippen LogP contribution in [-0.2, 0) is 4.79 Å². The van der Waals surface area contributed by atoms with Crippen LogP contribution in [0.1, 0.15) is 18.7 Å². The zero-order valence-corrected chi connectivity index (χ0v) is 8.27. The Morgan fingerprint density at radius 1 is 1.57 bits per heavy atom. The van der Waals surface area contributed by atoms with Gasteiger partial charge in [-0.1, -0.05) is 13.0 Å². The molecule has 0 fully saturated rings. The average molecular weight is 194 g/mol. The zero-order chi connectivity index (χ0) is 10.6. The Morgan fingerprint density at radius 2 is 2.29 bits per heavy atom. The summed E-state index contributed by atoms with van der Waals surface area (Å²) in [6.07, 6.45) is 1.66. The highest BCUT2D eigenvalue weighted by atomic mass is 16.4. The number of carbonyl (C=O) groups is 1. The van der Waals surface area contributed by atoms with Gasteiger partial charge in [-0.05, 0) is 19.2 Å². The summed E-state index contributed by atoms with van der Waals surface area (Å²) < 4.78 is 0. The molecule has 0 aliphatic carbocycles. The average Bonchev–Trinajstić information content (AvgIpc) is 2.20. The zero-order valence-electron chi connectivity index (χ0n) is 8.27. The van der Waals surface area contributed by atoms with E-state index < -0.39 is 11.9 Å². The Hall–Kier alpha value is -1.42. The second kappa shape index (κ2) is 4.72. The number of aromatic nitrogens is 1. The summed E-state index contributed by atoms with van der Waals surface area (Å²) in [4.78, 5) is 14.9. The van der Waals surface area contributed by atoms with Gasteiger partial charge in [-0.2, -0.15) is 0 Å². The van der Waals surface area contributed by atoms with E-state index in [0.717, 1.165) is 5.69 Å². The molecule has 0 bridgehead atoms. The first-order chi connectivity index (χ1) is 6.66. The summed E-state index contributed by atoms with van der Waals surface area (Å²) in [6, 6.07) is 5.23. The highest BCUT2D eigenvalue weighted by molar-refractivity contribution is 5.70. The normalized spacial score (nSPS) is 14.7. The lowest BCUT2D eigenvalue weighted by molar-refractivity contribution is -0.142. The van der Waals surface area contributed by atoms with Crippen molar-refractivity contribution in [2.45, 2.75) is 13.0 Å². The standard InChI is InChI=1S/C10H14N2O2/c1-7(10(13)14)9(11-2)8-5-3-4-6-12-8/h3-7,9,11H,1-2H3,(H,13,14). The van der Waals surface area contributed by atoms with Gasteiger partial charge in [0.1, 0.15) is 0 Å². The van der Waals surface area contributed by atoms with E-state index in [0.29, 0.717) is 0 Å². The number of pyridine rings is 1. The summed E-state index contributed by atoms with van der Waals surface area (Å²) in [5.74, 6) is -1.31. The molecule has 0 radical (unpaired) electrons. The van der Waals surface area contributed by atoms with E-state index in [9.17, 15) is 4.79 Å². The third-order valence-electron chi connectivity index (χ3n) is 2.21. The van der Waals surface area contributed by atoms with E-state index >= 15 is 0 Å². The van der Waals surface area contributed by atoms with Crippen LogP contribution in [0.15, 0.2) is 24.4 Å². The van der Waals surface area contributed by atoms with Crippen LogP contribution in [0.4, 0.5) is 0 Å². The lowest BCUT2D eigenvalue weighted by atomic mass is 9.99. The number of aliphatic carboxylic acids is 1. The molecule has 1 heterocycles. The van der Waals surface area contributed by atoms with Gasteiger partial charge in [-0.25, -0.2) is 0 Å². The van der Waals surface area contributed by atoms with Crippen LogP contribution in [0.25, 0.3) is 0 Å². The summed E-state index contributed by atoms with van der Waals surface area (Å²) in [5, 5.41) is 11.8. The maximum Gasteiger partial charge on any atom is 0.308 e. The molecule has 0 aromatic carbocycles. The lowest BCUT2D eigenvalue weighted by Crippen LogP contribution is -2.29. The maximum absolute atomic E-state index is 10.8. The van der Waals surface area contributed by atoms with Crippen molar-refractivity contribution in [1.82, 2.24) is 10.3 Å². The summed E-state index contributed by atoms with van der Waals surface area (Å²) in [6.45, 7) is 1.66. The molecule has 0 amide bonds. The molecule has 1 aromatic heterocycles. The van der Waals surface area contributed by atoms with Gasteiger partial charge >= 0.3 is 5.97 Å². The molecule has 4 heteroatoms. The Labute approximate surface area is 83.0 Å². The van der Waals surface area contributed by atoms with E-state index in [-0.39, 0.29) is 6.04 Å². The highest BCUT2D eigenvalue weighted by Gasteiger charge is 2.24. The first-order valence-electron chi connectivity index (χ1n) is 4.47. The highest BCUT2D eigenvalue weighted by Crippen LogP contribution is 2.19. The van der Waals surface area contributed by atoms with Gasteiger partial charge in [0.25, 0.3) is 0 Å². The van der Waals surface area contributed by atoms with Crippen molar-refractivity contribution >= 4 is 5.97 Å². The minimum atomic E-state index is -0.824. The predicted molar refractivity (Wildman–Crippen MR) is 52.8 cm³/mol. The fourth-order valence-corrected chi connectivity index (χ4v) is 1.36. The third-order valence-corrected chi connectivity index (χ3v) is 2.21. The fraction of sp³-hybridized carbons (Fsp3) is 0.400. The lowest BCUT2D eigenvalue weighted by Gasteiger charge is -2.19. The Balaban J connectivity index is 2.87. The van der Waals surface area contributed by atoms with Crippen molar-refractivity contribution in [3.05, 3.63) is 30.1 Å². The van der Waals surface area contributed by atoms with Crippen molar-refractivity contribution in [3.8, 4) is 0 Å². The Kier molecular flexibility index (Phi) is 3.59. The minimum absolute atomic E-state index is 0.242. The van der Waals surface area contributed by atoms with Gasteiger partial charge in [-0.15, -0.1) is 0 Å². The van der Waals surface area contributed by atoms with Gasteiger partial charge in [0, 0.05) is 6.20 Å². The number of hydrogen-bond donors (Lipinski definition) is 2. The van der Waals surface area contributed by atoms with Crippen LogP contribution in [0.2, 0.25) is 0 Å². The van der Waals surface area contributed by atoms with Crippen molar-refractivity contribution in [2.24, 2.45) is 5.92 Å². The first kappa shape index (κ1) is 10.7. The molecular formula is C10H14N2O2. The Morgan fingerprint density at radius 3 is 2.71 bits per heavy atom. The maximum atomic E-state index is 10.8. The van der Waals surface area contributed by atoms with E-state index in [1.165, 1.54) is 0 Å². The molecule has 0 saturated carbocycles. The molecule has 2 unspecified atom stereocenters. The predicted octanol–water partition coefficient (Wildman–Crippen LogP) is 1.06. The number of nitrogens with zero attached hydrogens (tertiary/aromatic N) is 1. The molecule has 2 N–H and O–H groups in total. The second-order valence-electron chi connectivity index (χ2n) is 3.15. The molecule has 0 aliphatic heterocycles. The van der Waals surface area contributed by atoms with E-state index in [2.05, 4.69) is 10.3 Å². The molecule has 76 valence electrons. The largest absolute Gasteiger partial charge is 0.481 e. The first-order valence-corrected chi connectivity index (χ1v) is 4.47. The van der Waals surface area contributed by atoms with Gasteiger partial charge < -0.3 is 10.4 Å². The molecule has 0 aliphatic rings. The molecule has 1 aromatic rings. The van der Waals surface area contributed by atoms with Gasteiger partial charge in [-0.3, -0.25) is 9.78 Å². The molecule has 14 heavy (non-hydrogen) atoms. The number of hydrogen-bond acceptors (Lipinski definition) is 3. The molecule has 1 rings (SSSR count). The van der Waals surface area contributed by atoms with Crippen molar-refractivity contribution in [3.63, 3.8) is 0 Å². The van der Waals surface area contributed by atoms with Crippen LogP contribution < -0.4 is 5.32 Å². The van der Waals surface area contributed by atoms with E-state index in [1.807, 2.05) is 18.2 Å². The van der Waals surface area contributed by atoms with Gasteiger partial charge in [0.05, 0.1) is 17.7 Å². The van der Waals surface area contributed by atoms with Crippen LogP contribution in [0.5, 0.6) is 0 Å². The van der Waals surface area contributed by atoms with Gasteiger partial charge in [0.2, 0.25) is 0 Å². The summed E-state index contributed by atoms with van der Waals surface area (Å²) in [7, 11) is 1.73. The summed E-state index contributed by atoms with van der Waals surface area (Å²) >= 11 is 0. The molecular weight excluding hydrogens is 180 g/mol. The number of nitrogens with one attached hydrogen (secondary N) is 1. The van der Waals surface area contributed by atoms with E-state index in [1.54, 1.807) is 20.2 Å².